The van der Waals surface area contributed by atoms with E-state index in [4.69, 9.17) is 5.53 Å². The second-order valence-corrected chi connectivity index (χ2v) is 4.90. The molecule has 12 heavy (non-hydrogen) atoms. The lowest BCUT2D eigenvalue weighted by atomic mass is 10.2. The van der Waals surface area contributed by atoms with Gasteiger partial charge in [0.05, 0.1) is 0 Å². The van der Waals surface area contributed by atoms with Crippen LogP contribution in [0, 0.1) is 0 Å². The van der Waals surface area contributed by atoms with Gasteiger partial charge in [0.25, 0.3) is 0 Å². The number of azide groups is 1. The Balaban J connectivity index is 3.28. The summed E-state index contributed by atoms with van der Waals surface area (Å²) in [6.07, 6.45) is 3.44. The summed E-state index contributed by atoms with van der Waals surface area (Å²) in [7, 11) is -2.82. The third kappa shape index (κ3) is 9.26. The van der Waals surface area contributed by atoms with Gasteiger partial charge in [0, 0.05) is 23.5 Å². The molecule has 0 aromatic rings. The molecule has 0 N–H and O–H groups in total. The molecule has 0 fully saturated rings. The number of hydrogen-bond donors (Lipinski definition) is 0. The monoisotopic (exact) mass is 191 g/mol. The zero-order chi connectivity index (χ0) is 9.45. The first-order valence-electron chi connectivity index (χ1n) is 3.75. The third-order valence-corrected chi connectivity index (χ3v) is 2.37. The molecule has 0 atom stereocenters. The minimum atomic E-state index is -2.82. The molecule has 0 aliphatic carbocycles. The van der Waals surface area contributed by atoms with Gasteiger partial charge in [0.2, 0.25) is 0 Å². The Labute approximate surface area is 72.3 Å². The summed E-state index contributed by atoms with van der Waals surface area (Å²) >= 11 is 0. The fourth-order valence-corrected chi connectivity index (χ4v) is 1.50. The van der Waals surface area contributed by atoms with Crippen LogP contribution in [0.1, 0.15) is 19.3 Å². The van der Waals surface area contributed by atoms with E-state index < -0.39 is 9.84 Å². The number of hydrogen-bond acceptors (Lipinski definition) is 3. The average molecular weight is 191 g/mol. The third-order valence-electron chi connectivity index (χ3n) is 1.34. The molecular weight excluding hydrogens is 178 g/mol. The van der Waals surface area contributed by atoms with Crippen LogP contribution >= 0.6 is 0 Å². The highest BCUT2D eigenvalue weighted by molar-refractivity contribution is 7.90. The molecule has 0 unspecified atom stereocenters. The van der Waals surface area contributed by atoms with Gasteiger partial charge in [-0.15, -0.1) is 0 Å². The number of unbranched alkanes of at least 4 members (excludes halogenated alkanes) is 2. The average Bonchev–Trinajstić information content (AvgIpc) is 1.94. The largest absolute Gasteiger partial charge is 0.229 e. The van der Waals surface area contributed by atoms with Crippen LogP contribution in [0.4, 0.5) is 0 Å². The van der Waals surface area contributed by atoms with Crippen molar-refractivity contribution in [1.82, 2.24) is 0 Å². The SMILES string of the molecule is CS(=O)(=O)CCCCCN=[N+]=[N-]. The van der Waals surface area contributed by atoms with Gasteiger partial charge < -0.3 is 0 Å². The van der Waals surface area contributed by atoms with Crippen LogP contribution in [-0.2, 0) is 9.84 Å². The van der Waals surface area contributed by atoms with Crippen molar-refractivity contribution in [3.63, 3.8) is 0 Å². The van der Waals surface area contributed by atoms with E-state index in [1.54, 1.807) is 0 Å². The lowest BCUT2D eigenvalue weighted by molar-refractivity contribution is 0.595. The van der Waals surface area contributed by atoms with Gasteiger partial charge in [0.1, 0.15) is 9.84 Å². The molecule has 0 bridgehead atoms. The highest BCUT2D eigenvalue weighted by Crippen LogP contribution is 1.98. The summed E-state index contributed by atoms with van der Waals surface area (Å²) in [5.74, 6) is 0.225. The van der Waals surface area contributed by atoms with Crippen molar-refractivity contribution >= 4 is 9.84 Å². The minimum Gasteiger partial charge on any atom is -0.229 e. The molecule has 0 rings (SSSR count). The molecule has 0 aromatic heterocycles. The van der Waals surface area contributed by atoms with Crippen LogP contribution < -0.4 is 0 Å². The topological polar surface area (TPSA) is 82.9 Å². The molecular formula is C6H13N3O2S. The van der Waals surface area contributed by atoms with E-state index in [9.17, 15) is 8.42 Å². The predicted molar refractivity (Wildman–Crippen MR) is 47.6 cm³/mol. The standard InChI is InChI=1S/C6H13N3O2S/c1-12(10,11)6-4-2-3-5-8-9-7/h2-6H2,1H3. The number of sulfone groups is 1. The van der Waals surface area contributed by atoms with Gasteiger partial charge in [0.15, 0.2) is 0 Å². The molecule has 0 saturated carbocycles. The number of nitrogens with zero attached hydrogens (tertiary/aromatic N) is 3. The van der Waals surface area contributed by atoms with Gasteiger partial charge in [-0.2, -0.15) is 0 Å². The van der Waals surface area contributed by atoms with Crippen LogP contribution in [0.3, 0.4) is 0 Å². The smallest absolute Gasteiger partial charge is 0.147 e. The molecule has 0 aromatic carbocycles. The van der Waals surface area contributed by atoms with Crippen molar-refractivity contribution in [2.75, 3.05) is 18.6 Å². The highest BCUT2D eigenvalue weighted by atomic mass is 32.2. The Morgan fingerprint density at radius 3 is 2.50 bits per heavy atom. The van der Waals surface area contributed by atoms with Crippen molar-refractivity contribution in [1.29, 1.82) is 0 Å². The summed E-state index contributed by atoms with van der Waals surface area (Å²) in [5.41, 5.74) is 7.91. The minimum absolute atomic E-state index is 0.225. The van der Waals surface area contributed by atoms with Crippen molar-refractivity contribution in [3.05, 3.63) is 10.4 Å². The van der Waals surface area contributed by atoms with E-state index in [0.717, 1.165) is 12.8 Å². The van der Waals surface area contributed by atoms with Crippen LogP contribution in [0.25, 0.3) is 10.4 Å². The van der Waals surface area contributed by atoms with Gasteiger partial charge in [-0.3, -0.25) is 0 Å². The molecule has 6 heteroatoms. The van der Waals surface area contributed by atoms with Crippen LogP contribution in [-0.4, -0.2) is 27.0 Å². The van der Waals surface area contributed by atoms with Gasteiger partial charge in [-0.1, -0.05) is 11.5 Å². The highest BCUT2D eigenvalue weighted by Gasteiger charge is 1.99. The molecule has 5 nitrogen and oxygen atoms in total. The Kier molecular flexibility index (Phi) is 5.49. The Morgan fingerprint density at radius 2 is 2.00 bits per heavy atom. The summed E-state index contributed by atoms with van der Waals surface area (Å²) < 4.78 is 21.3. The fraction of sp³-hybridized carbons (Fsp3) is 1.00. The molecule has 0 spiro atoms. The van der Waals surface area contributed by atoms with Crippen molar-refractivity contribution in [2.24, 2.45) is 5.11 Å². The second kappa shape index (κ2) is 5.85. The van der Waals surface area contributed by atoms with Crippen LogP contribution in [0.15, 0.2) is 5.11 Å². The van der Waals surface area contributed by atoms with Gasteiger partial charge in [-0.05, 0) is 18.4 Å². The van der Waals surface area contributed by atoms with Crippen molar-refractivity contribution < 1.29 is 8.42 Å². The molecule has 0 heterocycles. The Morgan fingerprint density at radius 1 is 1.33 bits per heavy atom. The van der Waals surface area contributed by atoms with Crippen molar-refractivity contribution in [3.8, 4) is 0 Å². The number of rotatable bonds is 6. The summed E-state index contributed by atoms with van der Waals surface area (Å²) in [6.45, 7) is 0.459. The lowest BCUT2D eigenvalue weighted by Crippen LogP contribution is -2.02. The zero-order valence-electron chi connectivity index (χ0n) is 7.10. The molecule has 0 aliphatic rings. The van der Waals surface area contributed by atoms with E-state index in [1.165, 1.54) is 6.26 Å². The van der Waals surface area contributed by atoms with E-state index in [-0.39, 0.29) is 5.75 Å². The fourth-order valence-electron chi connectivity index (χ4n) is 0.768. The molecule has 0 aliphatic heterocycles. The van der Waals surface area contributed by atoms with Gasteiger partial charge in [-0.25, -0.2) is 8.42 Å². The molecule has 0 saturated heterocycles. The first-order valence-corrected chi connectivity index (χ1v) is 5.81. The molecule has 0 radical (unpaired) electrons. The second-order valence-electron chi connectivity index (χ2n) is 2.65. The maximum absolute atomic E-state index is 10.6. The summed E-state index contributed by atoms with van der Waals surface area (Å²) in [4.78, 5) is 2.59. The lowest BCUT2D eigenvalue weighted by Gasteiger charge is -1.96. The maximum Gasteiger partial charge on any atom is 0.147 e. The first-order chi connectivity index (χ1) is 5.56. The molecule has 0 amide bonds. The summed E-state index contributed by atoms with van der Waals surface area (Å²) in [5, 5.41) is 3.34. The predicted octanol–water partition coefficient (Wildman–Crippen LogP) is 1.51. The molecule has 70 valence electrons. The zero-order valence-corrected chi connectivity index (χ0v) is 7.92. The normalized spacial score (nSPS) is 10.8. The van der Waals surface area contributed by atoms with E-state index in [1.807, 2.05) is 0 Å². The van der Waals surface area contributed by atoms with Crippen LogP contribution in [0.5, 0.6) is 0 Å². The van der Waals surface area contributed by atoms with E-state index in [0.29, 0.717) is 13.0 Å². The van der Waals surface area contributed by atoms with Gasteiger partial charge >= 0.3 is 0 Å². The Hall–Kier alpha value is -0.740. The maximum atomic E-state index is 10.6. The Bertz CT molecular complexity index is 254. The van der Waals surface area contributed by atoms with E-state index >= 15 is 0 Å². The van der Waals surface area contributed by atoms with E-state index in [2.05, 4.69) is 10.0 Å². The quantitative estimate of drug-likeness (QED) is 0.276. The first kappa shape index (κ1) is 11.3. The summed E-state index contributed by atoms with van der Waals surface area (Å²) in [6, 6.07) is 0. The van der Waals surface area contributed by atoms with Crippen molar-refractivity contribution in [2.45, 2.75) is 19.3 Å². The van der Waals surface area contributed by atoms with Crippen LogP contribution in [0.2, 0.25) is 0 Å².